The largest absolute Gasteiger partial charge is 0.416 e. The predicted octanol–water partition coefficient (Wildman–Crippen LogP) is 5.32. The molecule has 1 atom stereocenters. The Morgan fingerprint density at radius 2 is 1.86 bits per heavy atom. The van der Waals surface area contributed by atoms with Gasteiger partial charge in [0.2, 0.25) is 0 Å². The summed E-state index contributed by atoms with van der Waals surface area (Å²) in [5.41, 5.74) is 7.00. The molecule has 1 nitrogen and oxygen atoms in total. The second-order valence-corrected chi connectivity index (χ2v) is 6.75. The summed E-state index contributed by atoms with van der Waals surface area (Å²) in [6, 6.07) is 10.7. The average Bonchev–Trinajstić information content (AvgIpc) is 2.41. The fraction of sp³-hybridized carbons (Fsp3) is 0.200. The van der Waals surface area contributed by atoms with E-state index in [0.717, 1.165) is 25.7 Å². The van der Waals surface area contributed by atoms with Gasteiger partial charge in [-0.15, -0.1) is 0 Å². The SMILES string of the molecule is NC(Cc1cccc(C(F)(F)F)c1)c1cc(Br)ccc1I. The molecule has 0 heterocycles. The molecule has 0 bridgehead atoms. The molecule has 0 spiro atoms. The molecule has 0 amide bonds. The lowest BCUT2D eigenvalue weighted by Crippen LogP contribution is -2.15. The molecule has 0 aliphatic carbocycles. The Balaban J connectivity index is 2.23. The van der Waals surface area contributed by atoms with Crippen LogP contribution in [0.15, 0.2) is 46.9 Å². The van der Waals surface area contributed by atoms with Crippen LogP contribution in [0.25, 0.3) is 0 Å². The zero-order valence-electron chi connectivity index (χ0n) is 10.8. The normalized spacial score (nSPS) is 13.2. The molecule has 112 valence electrons. The second kappa shape index (κ2) is 6.66. The van der Waals surface area contributed by atoms with Crippen molar-refractivity contribution in [1.29, 1.82) is 0 Å². The van der Waals surface area contributed by atoms with Crippen LogP contribution in [0.2, 0.25) is 0 Å². The van der Waals surface area contributed by atoms with E-state index < -0.39 is 11.7 Å². The van der Waals surface area contributed by atoms with Crippen LogP contribution in [0, 0.1) is 3.57 Å². The van der Waals surface area contributed by atoms with Gasteiger partial charge in [0.15, 0.2) is 0 Å². The first-order valence-electron chi connectivity index (χ1n) is 6.14. The summed E-state index contributed by atoms with van der Waals surface area (Å²) in [6.07, 6.45) is -3.97. The van der Waals surface area contributed by atoms with Gasteiger partial charge in [0.1, 0.15) is 0 Å². The summed E-state index contributed by atoms with van der Waals surface area (Å²) >= 11 is 5.55. The Morgan fingerprint density at radius 3 is 2.52 bits per heavy atom. The molecule has 6 heteroatoms. The van der Waals surface area contributed by atoms with E-state index in [-0.39, 0.29) is 6.04 Å². The fourth-order valence-corrected chi connectivity index (χ4v) is 3.15. The molecular weight excluding hydrogens is 458 g/mol. The van der Waals surface area contributed by atoms with Gasteiger partial charge in [-0.3, -0.25) is 0 Å². The van der Waals surface area contributed by atoms with Crippen molar-refractivity contribution in [3.8, 4) is 0 Å². The highest BCUT2D eigenvalue weighted by molar-refractivity contribution is 14.1. The summed E-state index contributed by atoms with van der Waals surface area (Å²) in [5.74, 6) is 0. The summed E-state index contributed by atoms with van der Waals surface area (Å²) < 4.78 is 40.0. The van der Waals surface area contributed by atoms with Crippen molar-refractivity contribution in [2.45, 2.75) is 18.6 Å². The molecule has 0 aromatic heterocycles. The molecule has 0 aliphatic rings. The molecule has 0 radical (unpaired) electrons. The monoisotopic (exact) mass is 469 g/mol. The summed E-state index contributed by atoms with van der Waals surface area (Å²) in [6.45, 7) is 0. The molecule has 2 rings (SSSR count). The highest BCUT2D eigenvalue weighted by atomic mass is 127. The lowest BCUT2D eigenvalue weighted by atomic mass is 9.98. The van der Waals surface area contributed by atoms with E-state index in [4.69, 9.17) is 5.73 Å². The Hall–Kier alpha value is -0.600. The number of hydrogen-bond donors (Lipinski definition) is 1. The Labute approximate surface area is 143 Å². The number of hydrogen-bond acceptors (Lipinski definition) is 1. The lowest BCUT2D eigenvalue weighted by Gasteiger charge is -2.16. The first-order chi connectivity index (χ1) is 9.77. The Kier molecular flexibility index (Phi) is 5.32. The number of halogens is 5. The van der Waals surface area contributed by atoms with Gasteiger partial charge in [0.05, 0.1) is 5.56 Å². The van der Waals surface area contributed by atoms with Crippen LogP contribution in [0.3, 0.4) is 0 Å². The van der Waals surface area contributed by atoms with Crippen LogP contribution < -0.4 is 5.73 Å². The standard InChI is InChI=1S/C15H12BrF3IN/c16-11-4-5-13(20)12(8-11)14(21)7-9-2-1-3-10(6-9)15(17,18)19/h1-6,8,14H,7,21H2. The van der Waals surface area contributed by atoms with Crippen LogP contribution in [0.1, 0.15) is 22.7 Å². The second-order valence-electron chi connectivity index (χ2n) is 4.67. The van der Waals surface area contributed by atoms with Gasteiger partial charge in [-0.25, -0.2) is 0 Å². The van der Waals surface area contributed by atoms with Crippen LogP contribution in [0.5, 0.6) is 0 Å². The maximum Gasteiger partial charge on any atom is 0.416 e. The third-order valence-electron chi connectivity index (χ3n) is 3.07. The maximum atomic E-state index is 12.7. The Morgan fingerprint density at radius 1 is 1.14 bits per heavy atom. The van der Waals surface area contributed by atoms with Gasteiger partial charge in [-0.2, -0.15) is 13.2 Å². The minimum atomic E-state index is -4.33. The third-order valence-corrected chi connectivity index (χ3v) is 4.54. The van der Waals surface area contributed by atoms with E-state index in [0.29, 0.717) is 12.0 Å². The van der Waals surface area contributed by atoms with Crippen molar-refractivity contribution in [2.75, 3.05) is 0 Å². The number of alkyl halides is 3. The topological polar surface area (TPSA) is 26.0 Å². The van der Waals surface area contributed by atoms with E-state index in [1.54, 1.807) is 6.07 Å². The van der Waals surface area contributed by atoms with Crippen LogP contribution in [0.4, 0.5) is 13.2 Å². The molecule has 1 unspecified atom stereocenters. The zero-order chi connectivity index (χ0) is 15.6. The van der Waals surface area contributed by atoms with E-state index in [9.17, 15) is 13.2 Å². The van der Waals surface area contributed by atoms with Gasteiger partial charge in [-0.1, -0.05) is 34.1 Å². The zero-order valence-corrected chi connectivity index (χ0v) is 14.5. The lowest BCUT2D eigenvalue weighted by molar-refractivity contribution is -0.137. The van der Waals surface area contributed by atoms with E-state index in [2.05, 4.69) is 38.5 Å². The van der Waals surface area contributed by atoms with Gasteiger partial charge in [0, 0.05) is 14.1 Å². The van der Waals surface area contributed by atoms with E-state index in [1.165, 1.54) is 6.07 Å². The Bertz CT molecular complexity index is 643. The number of benzene rings is 2. The van der Waals surface area contributed by atoms with Crippen molar-refractivity contribution in [3.05, 3.63) is 67.2 Å². The maximum absolute atomic E-state index is 12.7. The molecule has 0 aliphatic heterocycles. The van der Waals surface area contributed by atoms with Crippen molar-refractivity contribution in [3.63, 3.8) is 0 Å². The van der Waals surface area contributed by atoms with Crippen molar-refractivity contribution in [2.24, 2.45) is 5.73 Å². The smallest absolute Gasteiger partial charge is 0.324 e. The minimum absolute atomic E-state index is 0.349. The van der Waals surface area contributed by atoms with E-state index in [1.807, 2.05) is 18.2 Å². The minimum Gasteiger partial charge on any atom is -0.324 e. The summed E-state index contributed by atoms with van der Waals surface area (Å²) in [5, 5.41) is 0. The van der Waals surface area contributed by atoms with Crippen molar-refractivity contribution < 1.29 is 13.2 Å². The van der Waals surface area contributed by atoms with Gasteiger partial charge < -0.3 is 5.73 Å². The average molecular weight is 470 g/mol. The third kappa shape index (κ3) is 4.43. The predicted molar refractivity (Wildman–Crippen MR) is 88.9 cm³/mol. The van der Waals surface area contributed by atoms with Gasteiger partial charge in [0.25, 0.3) is 0 Å². The van der Waals surface area contributed by atoms with Crippen LogP contribution in [-0.4, -0.2) is 0 Å². The van der Waals surface area contributed by atoms with Gasteiger partial charge >= 0.3 is 6.18 Å². The molecular formula is C15H12BrF3IN. The molecule has 0 saturated heterocycles. The van der Waals surface area contributed by atoms with Crippen molar-refractivity contribution >= 4 is 38.5 Å². The first-order valence-corrected chi connectivity index (χ1v) is 8.01. The van der Waals surface area contributed by atoms with Crippen LogP contribution >= 0.6 is 38.5 Å². The fourth-order valence-electron chi connectivity index (χ4n) is 2.04. The number of rotatable bonds is 3. The van der Waals surface area contributed by atoms with Crippen molar-refractivity contribution in [1.82, 2.24) is 0 Å². The van der Waals surface area contributed by atoms with E-state index >= 15 is 0 Å². The summed E-state index contributed by atoms with van der Waals surface area (Å²) in [7, 11) is 0. The molecule has 2 N–H and O–H groups in total. The molecule has 2 aromatic rings. The summed E-state index contributed by atoms with van der Waals surface area (Å²) in [4.78, 5) is 0. The highest BCUT2D eigenvalue weighted by Gasteiger charge is 2.30. The first kappa shape index (κ1) is 16.8. The quantitative estimate of drug-likeness (QED) is 0.605. The molecule has 0 fully saturated rings. The molecule has 21 heavy (non-hydrogen) atoms. The highest BCUT2D eigenvalue weighted by Crippen LogP contribution is 2.31. The molecule has 0 saturated carbocycles. The van der Waals surface area contributed by atoms with Gasteiger partial charge in [-0.05, 0) is 64.4 Å². The van der Waals surface area contributed by atoms with Crippen LogP contribution in [-0.2, 0) is 12.6 Å². The molecule has 2 aromatic carbocycles. The number of nitrogens with two attached hydrogens (primary N) is 1.